The molecule has 0 aliphatic heterocycles. The highest BCUT2D eigenvalue weighted by Crippen LogP contribution is 2.34. The summed E-state index contributed by atoms with van der Waals surface area (Å²) < 4.78 is 25.8. The van der Waals surface area contributed by atoms with Gasteiger partial charge in [-0.3, -0.25) is 79.0 Å². The predicted octanol–water partition coefficient (Wildman–Crippen LogP) is 12.6. The Balaban J connectivity index is 0.000000195. The summed E-state index contributed by atoms with van der Waals surface area (Å²) in [5.74, 6) is 2.00. The molecule has 14 rings (SSSR count). The van der Waals surface area contributed by atoms with Gasteiger partial charge in [0.05, 0.1) is 38.3 Å². The van der Waals surface area contributed by atoms with Crippen molar-refractivity contribution in [1.82, 2.24) is 57.8 Å². The topological polar surface area (TPSA) is 548 Å². The Hall–Kier alpha value is -12.7. The highest BCUT2D eigenvalue weighted by Gasteiger charge is 2.17. The lowest BCUT2D eigenvalue weighted by Crippen LogP contribution is -2.29. The van der Waals surface area contributed by atoms with E-state index >= 15 is 0 Å². The normalized spacial score (nSPS) is 10.2. The average Bonchev–Trinajstić information content (AvgIpc) is 1.72. The number of fused-ring (bicyclic) bond motifs is 5. The number of hydrogen-bond donors (Lipinski definition) is 12. The van der Waals surface area contributed by atoms with E-state index < -0.39 is 20.0 Å². The Morgan fingerprint density at radius 3 is 1.03 bits per heavy atom. The lowest BCUT2D eigenvalue weighted by molar-refractivity contribution is -0.384. The van der Waals surface area contributed by atoms with Gasteiger partial charge in [-0.25, -0.2) is 0 Å². The highest BCUT2D eigenvalue weighted by molar-refractivity contribution is 7.15. The van der Waals surface area contributed by atoms with Gasteiger partial charge in [-0.15, -0.1) is 0 Å². The van der Waals surface area contributed by atoms with Crippen molar-refractivity contribution in [3.63, 3.8) is 0 Å². The van der Waals surface area contributed by atoms with Crippen LogP contribution in [0.25, 0.3) is 50.4 Å². The molecule has 44 heteroatoms. The molecule has 0 atom stereocenters. The maximum atomic E-state index is 11.9. The maximum absolute atomic E-state index is 11.9. The molecule has 0 aliphatic carbocycles. The lowest BCUT2D eigenvalue weighted by Gasteiger charge is -2.07. The number of rotatable bonds is 24. The molecule has 9 heterocycles. The molecule has 0 bridgehead atoms. The van der Waals surface area contributed by atoms with Gasteiger partial charge in [0.15, 0.2) is 5.15 Å². The molecule has 0 fully saturated rings. The van der Waals surface area contributed by atoms with Gasteiger partial charge < -0.3 is 65.5 Å². The van der Waals surface area contributed by atoms with Crippen molar-refractivity contribution in [3.8, 4) is 0 Å². The molecule has 0 unspecified atom stereocenters. The van der Waals surface area contributed by atoms with Crippen LogP contribution in [0.1, 0.15) is 55.8 Å². The van der Waals surface area contributed by atoms with Crippen LogP contribution in [0.5, 0.6) is 0 Å². The zero-order chi connectivity index (χ0) is 84.6. The number of benzene rings is 5. The summed E-state index contributed by atoms with van der Waals surface area (Å²) >= 11 is 22.1. The van der Waals surface area contributed by atoms with Crippen molar-refractivity contribution in [3.05, 3.63) is 247 Å². The van der Waals surface area contributed by atoms with E-state index in [0.717, 1.165) is 57.0 Å². The van der Waals surface area contributed by atoms with E-state index in [1.165, 1.54) is 114 Å². The molecule has 0 saturated heterocycles. The van der Waals surface area contributed by atoms with Crippen LogP contribution >= 0.6 is 92.5 Å². The van der Waals surface area contributed by atoms with Gasteiger partial charge in [-0.1, -0.05) is 35.9 Å². The number of anilines is 6. The van der Waals surface area contributed by atoms with E-state index in [4.69, 9.17) is 46.1 Å². The minimum absolute atomic E-state index is 0.0224. The second-order valence-corrected chi connectivity index (χ2v) is 28.3. The second kappa shape index (κ2) is 48.5. The van der Waals surface area contributed by atoms with Crippen LogP contribution in [0.2, 0.25) is 5.15 Å². The van der Waals surface area contributed by atoms with Crippen molar-refractivity contribution in [2.75, 3.05) is 97.8 Å². The standard InChI is InChI=1S/C17H17N5O2S.C15H13N5O3S.C15H15N5OS.C9H10N4O2S.C7H3ClN2O2S.C6H4ClNO.C2H3ClO.C2H8N2/c1-11(23)21-12-5-6-15-13(10-12)16(22-25-15)19-8-9-20-17(24)14-4-2-3-7-18-14;21-15(12-3-1-2-6-16-12)18-8-7-17-14-11-9-10(20(22)23)4-5-13(11)24-19-14;16-10-4-5-13-11(9-10)14(20-22-13)18-7-8-19-15(21)12-3-1-2-6-17-12;10-3-4-11-9-7-5-6(13(14)15)1-2-8(7)16-12-9;8-7-5-3-4(10(11)12)1-2-6(5)13-9-7;7-6(9)5-3-1-2-4-8-5;1-2(3)4;3-1-2-4/h2-7,10H,8-9H2,1H3,(H,19,22)(H,20,24)(H,21,23);1-6,9H,7-8H2,(H,17,19)(H,18,21);1-6,9H,7-8,16H2,(H,18,20)(H,19,21);1-2,5H,3-4,10H2,(H,11,12);1-3H;1-4H;1H3;1-4H2. The Bertz CT molecular complexity index is 5620. The number of nitrogen functional groups attached to an aromatic ring is 1. The first-order valence-corrected chi connectivity index (χ1v) is 39.4. The molecule has 0 radical (unpaired) electrons. The number of nitro groups is 3. The number of nitrogens with two attached hydrogens (primary N) is 4. The van der Waals surface area contributed by atoms with Crippen molar-refractivity contribution in [2.45, 2.75) is 13.8 Å². The monoisotopic (exact) mass is 1740 g/mol. The fraction of sp³-hybridized carbons (Fsp3) is 0.164. The molecule has 0 saturated carbocycles. The highest BCUT2D eigenvalue weighted by atomic mass is 35.5. The number of amides is 4. The molecule has 0 spiro atoms. The number of halogens is 3. The molecule has 0 aliphatic rings. The third kappa shape index (κ3) is 30.2. The summed E-state index contributed by atoms with van der Waals surface area (Å²) in [6.45, 7) is 7.91. The molecule has 14 aromatic rings. The van der Waals surface area contributed by atoms with Crippen molar-refractivity contribution in [1.29, 1.82) is 0 Å². The maximum Gasteiger partial charge on any atom is 0.270 e. The van der Waals surface area contributed by atoms with Gasteiger partial charge in [0.25, 0.3) is 40.0 Å². The summed E-state index contributed by atoms with van der Waals surface area (Å²) in [5.41, 5.74) is 24.0. The Morgan fingerprint density at radius 1 is 0.393 bits per heavy atom. The average molecular weight is 1750 g/mol. The van der Waals surface area contributed by atoms with E-state index in [1.807, 2.05) is 36.4 Å². The first kappa shape index (κ1) is 91.5. The Kier molecular flexibility index (Phi) is 37.9. The van der Waals surface area contributed by atoms with Crippen LogP contribution in [0, 0.1) is 30.3 Å². The van der Waals surface area contributed by atoms with Gasteiger partial charge >= 0.3 is 0 Å². The van der Waals surface area contributed by atoms with Crippen molar-refractivity contribution in [2.24, 2.45) is 17.2 Å². The number of hydrogen-bond acceptors (Lipinski definition) is 34. The third-order valence-corrected chi connectivity index (χ3v) is 19.2. The first-order valence-electron chi connectivity index (χ1n) is 34.4. The van der Waals surface area contributed by atoms with Crippen LogP contribution < -0.4 is 65.5 Å². The molecule has 4 amide bonds. The van der Waals surface area contributed by atoms with Crippen LogP contribution in [0.3, 0.4) is 0 Å². The van der Waals surface area contributed by atoms with E-state index in [2.05, 4.69) is 95.9 Å². The molecule has 16 N–H and O–H groups in total. The summed E-state index contributed by atoms with van der Waals surface area (Å²) in [7, 11) is 0. The largest absolute Gasteiger partial charge is 0.399 e. The zero-order valence-electron chi connectivity index (χ0n) is 61.7. The van der Waals surface area contributed by atoms with Crippen molar-refractivity contribution < 1.29 is 43.5 Å². The van der Waals surface area contributed by atoms with Gasteiger partial charge in [0, 0.05) is 179 Å². The van der Waals surface area contributed by atoms with Crippen LogP contribution in [-0.2, 0) is 9.59 Å². The number of nitro benzene ring substituents is 3. The third-order valence-electron chi connectivity index (χ3n) is 14.5. The minimum atomic E-state index is -0.518. The Labute approximate surface area is 700 Å². The van der Waals surface area contributed by atoms with E-state index in [9.17, 15) is 59.1 Å². The fourth-order valence-electron chi connectivity index (χ4n) is 9.28. The first-order chi connectivity index (χ1) is 56.4. The second-order valence-electron chi connectivity index (χ2n) is 23.0. The van der Waals surface area contributed by atoms with Crippen LogP contribution in [-0.4, -0.2) is 156 Å². The number of pyridine rings is 4. The summed E-state index contributed by atoms with van der Waals surface area (Å²) in [6, 6.07) is 45.8. The molecule has 5 aromatic carbocycles. The molecular weight excluding hydrogens is 1670 g/mol. The van der Waals surface area contributed by atoms with Crippen molar-refractivity contribution >= 4 is 229 Å². The minimum Gasteiger partial charge on any atom is -0.399 e. The fourth-order valence-corrected chi connectivity index (χ4v) is 13.3. The van der Waals surface area contributed by atoms with Gasteiger partial charge in [0.1, 0.15) is 46.0 Å². The summed E-state index contributed by atoms with van der Waals surface area (Å²) in [5, 5.41) is 59.1. The molecular formula is C73H73Cl3N24O12S5. The van der Waals surface area contributed by atoms with Gasteiger partial charge in [0.2, 0.25) is 11.1 Å². The quantitative estimate of drug-likeness (QED) is 0.00879. The van der Waals surface area contributed by atoms with Gasteiger partial charge in [-0.05, 0) is 184 Å². The number of nitrogens with one attached hydrogen (secondary N) is 8. The molecule has 36 nitrogen and oxygen atoms in total. The smallest absolute Gasteiger partial charge is 0.270 e. The van der Waals surface area contributed by atoms with Crippen LogP contribution in [0.15, 0.2) is 189 Å². The van der Waals surface area contributed by atoms with Gasteiger partial charge in [-0.2, -0.15) is 21.9 Å². The number of nitrogens with zero attached hydrogens (tertiary/aromatic N) is 12. The molecule has 117 heavy (non-hydrogen) atoms. The number of aromatic nitrogens is 9. The SMILES string of the molecule is CC(=O)Cl.CC(=O)Nc1ccc2snc(NCCNC(=O)c3ccccn3)c2c1.NCCN.NCCNc1nsc2ccc([N+](=O)[O-])cc12.Nc1ccc2snc(NCCNC(=O)c3ccccn3)c2c1.O=C(Cl)c1ccccn1.O=C(NCCNc1nsc2ccc([N+](=O)[O-])cc12)c1ccccn1.O=[N+]([O-])c1ccc2snc(Cl)c2c1. The molecule has 608 valence electrons. The van der Waals surface area contributed by atoms with Crippen LogP contribution in [0.4, 0.5) is 51.7 Å². The number of non-ortho nitro benzene ring substituents is 3. The number of carbonyl (C=O) groups excluding carboxylic acids is 6. The summed E-state index contributed by atoms with van der Waals surface area (Å²) in [6.07, 6.45) is 6.26. The lowest BCUT2D eigenvalue weighted by atomic mass is 10.2. The number of carbonyl (C=O) groups is 6. The van der Waals surface area contributed by atoms with E-state index in [0.29, 0.717) is 121 Å². The predicted molar refractivity (Wildman–Crippen MR) is 464 cm³/mol. The zero-order valence-corrected chi connectivity index (χ0v) is 68.1. The van der Waals surface area contributed by atoms with E-state index in [-0.39, 0.29) is 45.9 Å². The molecule has 9 aromatic heterocycles. The van der Waals surface area contributed by atoms with E-state index in [1.54, 1.807) is 110 Å². The summed E-state index contributed by atoms with van der Waals surface area (Å²) in [4.78, 5) is 113. The Morgan fingerprint density at radius 2 is 0.709 bits per heavy atom.